The fourth-order valence-corrected chi connectivity index (χ4v) is 2.42. The molecule has 1 amide bonds. The minimum absolute atomic E-state index is 0.0361. The van der Waals surface area contributed by atoms with Crippen molar-refractivity contribution in [3.05, 3.63) is 57.8 Å². The Bertz CT molecular complexity index is 953. The van der Waals surface area contributed by atoms with E-state index in [1.807, 2.05) is 0 Å². The molecule has 0 bridgehead atoms. The number of aromatic nitrogens is 1. The van der Waals surface area contributed by atoms with Crippen LogP contribution < -0.4 is 0 Å². The first-order valence-corrected chi connectivity index (χ1v) is 7.12. The van der Waals surface area contributed by atoms with Gasteiger partial charge in [-0.15, -0.1) is 10.2 Å². The van der Waals surface area contributed by atoms with Crippen molar-refractivity contribution in [2.75, 3.05) is 0 Å². The Morgan fingerprint density at radius 1 is 1.17 bits per heavy atom. The van der Waals surface area contributed by atoms with Gasteiger partial charge in [0, 0.05) is 10.4 Å². The molecule has 116 valence electrons. The van der Waals surface area contributed by atoms with Gasteiger partial charge in [-0.25, -0.2) is 4.39 Å². The van der Waals surface area contributed by atoms with E-state index in [1.165, 1.54) is 36.4 Å². The van der Waals surface area contributed by atoms with Crippen LogP contribution in [0.3, 0.4) is 0 Å². The first-order valence-electron chi connectivity index (χ1n) is 6.37. The number of azo groups is 1. The van der Waals surface area contributed by atoms with Gasteiger partial charge in [0.25, 0.3) is 5.91 Å². The molecule has 0 radical (unpaired) electrons. The molecular weight excluding hydrogens is 344 g/mol. The van der Waals surface area contributed by atoms with Gasteiger partial charge in [-0.3, -0.25) is 4.79 Å². The molecular formula is C15H8Cl2FN3O2. The van der Waals surface area contributed by atoms with Crippen LogP contribution in [0.5, 0.6) is 5.88 Å². The number of aromatic amines is 1. The van der Waals surface area contributed by atoms with Crippen LogP contribution in [0.1, 0.15) is 10.4 Å². The normalized spacial score (nSPS) is 11.4. The smallest absolute Gasteiger partial charge is 0.296 e. The second-order valence-electron chi connectivity index (χ2n) is 4.64. The van der Waals surface area contributed by atoms with Crippen LogP contribution in [0.4, 0.5) is 10.1 Å². The van der Waals surface area contributed by atoms with Gasteiger partial charge < -0.3 is 10.1 Å². The zero-order valence-electron chi connectivity index (χ0n) is 11.3. The third-order valence-corrected chi connectivity index (χ3v) is 3.68. The molecule has 3 rings (SSSR count). The molecule has 0 spiro atoms. The highest BCUT2D eigenvalue weighted by Crippen LogP contribution is 2.36. The van der Waals surface area contributed by atoms with Crippen molar-refractivity contribution < 1.29 is 14.3 Å². The molecule has 2 aromatic carbocycles. The predicted octanol–water partition coefficient (Wildman–Crippen LogP) is 5.24. The lowest BCUT2D eigenvalue weighted by molar-refractivity contribution is 0.0995. The molecule has 23 heavy (non-hydrogen) atoms. The summed E-state index contributed by atoms with van der Waals surface area (Å²) in [7, 11) is 0. The van der Waals surface area contributed by atoms with Gasteiger partial charge in [-0.1, -0.05) is 23.2 Å². The monoisotopic (exact) mass is 351 g/mol. The van der Waals surface area contributed by atoms with Gasteiger partial charge in [0.15, 0.2) is 5.69 Å². The van der Waals surface area contributed by atoms with E-state index in [4.69, 9.17) is 23.2 Å². The summed E-state index contributed by atoms with van der Waals surface area (Å²) in [6.45, 7) is 0. The summed E-state index contributed by atoms with van der Waals surface area (Å²) in [6.07, 6.45) is 0. The Hall–Kier alpha value is -2.44. The Kier molecular flexibility index (Phi) is 4.02. The van der Waals surface area contributed by atoms with Crippen LogP contribution in [0.15, 0.2) is 46.6 Å². The van der Waals surface area contributed by atoms with E-state index in [1.54, 1.807) is 0 Å². The molecule has 0 atom stereocenters. The van der Waals surface area contributed by atoms with Crippen molar-refractivity contribution in [1.82, 2.24) is 4.98 Å². The van der Waals surface area contributed by atoms with Crippen molar-refractivity contribution in [3.8, 4) is 5.88 Å². The van der Waals surface area contributed by atoms with Crippen molar-refractivity contribution in [3.63, 3.8) is 0 Å². The Morgan fingerprint density at radius 3 is 2.74 bits per heavy atom. The number of carbonyl (C=O) groups excluding carboxylic acids is 1. The second kappa shape index (κ2) is 5.98. The standard InChI is InChI=1S/C15H8Cl2FN3O2/c16-7-1-3-11(17)9(5-7)14(22)21-20-13-10-6-8(18)2-4-12(10)19-15(13)23/h1-6,19,23H. The summed E-state index contributed by atoms with van der Waals surface area (Å²) in [5.74, 6) is -1.56. The fraction of sp³-hybridized carbons (Fsp3) is 0. The molecule has 8 heteroatoms. The van der Waals surface area contributed by atoms with E-state index in [2.05, 4.69) is 15.2 Å². The van der Waals surface area contributed by atoms with Crippen molar-refractivity contribution in [2.24, 2.45) is 10.2 Å². The number of hydrogen-bond donors (Lipinski definition) is 2. The summed E-state index contributed by atoms with van der Waals surface area (Å²) >= 11 is 11.7. The van der Waals surface area contributed by atoms with E-state index in [9.17, 15) is 14.3 Å². The molecule has 0 fully saturated rings. The third-order valence-electron chi connectivity index (χ3n) is 3.11. The number of hydrogen-bond acceptors (Lipinski definition) is 3. The van der Waals surface area contributed by atoms with Crippen LogP contribution in [0, 0.1) is 5.82 Å². The zero-order valence-corrected chi connectivity index (χ0v) is 12.9. The number of aromatic hydroxyl groups is 1. The lowest BCUT2D eigenvalue weighted by atomic mass is 10.2. The molecule has 5 nitrogen and oxygen atoms in total. The molecule has 0 aliphatic heterocycles. The largest absolute Gasteiger partial charge is 0.493 e. The SMILES string of the molecule is O=C(N=Nc1c(O)[nH]c2ccc(F)cc12)c1cc(Cl)ccc1Cl. The minimum atomic E-state index is -0.734. The van der Waals surface area contributed by atoms with Gasteiger partial charge in [0.05, 0.1) is 16.1 Å². The van der Waals surface area contributed by atoms with Crippen LogP contribution >= 0.6 is 23.2 Å². The summed E-state index contributed by atoms with van der Waals surface area (Å²) in [6, 6.07) is 8.21. The molecule has 2 N–H and O–H groups in total. The van der Waals surface area contributed by atoms with E-state index in [-0.39, 0.29) is 22.2 Å². The first kappa shape index (κ1) is 15.5. The summed E-state index contributed by atoms with van der Waals surface area (Å²) in [5.41, 5.74) is 0.505. The maximum absolute atomic E-state index is 13.3. The number of H-pyrrole nitrogens is 1. The Morgan fingerprint density at radius 2 is 1.96 bits per heavy atom. The number of fused-ring (bicyclic) bond motifs is 1. The fourth-order valence-electron chi connectivity index (χ4n) is 2.05. The van der Waals surface area contributed by atoms with Gasteiger partial charge in [0.1, 0.15) is 5.82 Å². The molecule has 1 heterocycles. The Balaban J connectivity index is 2.00. The maximum atomic E-state index is 13.3. The van der Waals surface area contributed by atoms with E-state index in [0.29, 0.717) is 15.9 Å². The zero-order chi connectivity index (χ0) is 16.6. The average molecular weight is 352 g/mol. The molecule has 0 aliphatic rings. The minimum Gasteiger partial charge on any atom is -0.493 e. The topological polar surface area (TPSA) is 77.8 Å². The summed E-state index contributed by atoms with van der Waals surface area (Å²) in [4.78, 5) is 14.7. The van der Waals surface area contributed by atoms with Gasteiger partial charge in [-0.2, -0.15) is 0 Å². The van der Waals surface area contributed by atoms with E-state index >= 15 is 0 Å². The summed E-state index contributed by atoms with van der Waals surface area (Å²) in [5, 5.41) is 17.8. The molecule has 0 saturated heterocycles. The number of amides is 1. The quantitative estimate of drug-likeness (QED) is 0.619. The number of nitrogens with zero attached hydrogens (tertiary/aromatic N) is 2. The molecule has 0 aliphatic carbocycles. The van der Waals surface area contributed by atoms with Crippen LogP contribution in [0.25, 0.3) is 10.9 Å². The highest BCUT2D eigenvalue weighted by atomic mass is 35.5. The molecule has 0 unspecified atom stereocenters. The van der Waals surface area contributed by atoms with Gasteiger partial charge in [0.2, 0.25) is 5.88 Å². The van der Waals surface area contributed by atoms with Crippen molar-refractivity contribution >= 4 is 45.7 Å². The number of benzene rings is 2. The molecule has 0 saturated carbocycles. The van der Waals surface area contributed by atoms with Gasteiger partial charge in [-0.05, 0) is 36.4 Å². The molecule has 3 aromatic rings. The maximum Gasteiger partial charge on any atom is 0.296 e. The number of carbonyl (C=O) groups is 1. The number of nitrogens with one attached hydrogen (secondary N) is 1. The number of rotatable bonds is 2. The lowest BCUT2D eigenvalue weighted by Gasteiger charge is -1.99. The van der Waals surface area contributed by atoms with Crippen LogP contribution in [-0.2, 0) is 0 Å². The Labute approximate surface area is 139 Å². The summed E-state index contributed by atoms with van der Waals surface area (Å²) < 4.78 is 13.3. The second-order valence-corrected chi connectivity index (χ2v) is 5.49. The average Bonchev–Trinajstić information content (AvgIpc) is 2.82. The first-order chi connectivity index (χ1) is 11.0. The third kappa shape index (κ3) is 3.04. The molecule has 1 aromatic heterocycles. The number of halogens is 3. The van der Waals surface area contributed by atoms with Crippen LogP contribution in [0.2, 0.25) is 10.0 Å². The van der Waals surface area contributed by atoms with Gasteiger partial charge >= 0.3 is 0 Å². The van der Waals surface area contributed by atoms with Crippen molar-refractivity contribution in [2.45, 2.75) is 0 Å². The van der Waals surface area contributed by atoms with Crippen LogP contribution in [-0.4, -0.2) is 16.0 Å². The lowest BCUT2D eigenvalue weighted by Crippen LogP contribution is -1.94. The van der Waals surface area contributed by atoms with E-state index < -0.39 is 11.7 Å². The van der Waals surface area contributed by atoms with Crippen molar-refractivity contribution in [1.29, 1.82) is 0 Å². The predicted molar refractivity (Wildman–Crippen MR) is 85.2 cm³/mol. The highest BCUT2D eigenvalue weighted by Gasteiger charge is 2.14. The van der Waals surface area contributed by atoms with E-state index in [0.717, 1.165) is 0 Å². The highest BCUT2D eigenvalue weighted by molar-refractivity contribution is 6.35.